The van der Waals surface area contributed by atoms with Crippen LogP contribution in [0.15, 0.2) is 11.6 Å². The van der Waals surface area contributed by atoms with E-state index in [1.807, 2.05) is 6.92 Å². The molecule has 0 saturated heterocycles. The molecule has 0 aromatic rings. The van der Waals surface area contributed by atoms with Gasteiger partial charge in [-0.1, -0.05) is 40.7 Å². The van der Waals surface area contributed by atoms with Crippen LogP contribution in [-0.2, 0) is 0 Å². The van der Waals surface area contributed by atoms with E-state index in [1.165, 1.54) is 12.0 Å². The Bertz CT molecular complexity index is 196. The number of rotatable bonds is 5. The lowest BCUT2D eigenvalue weighted by molar-refractivity contribution is 0.226. The molecule has 0 aromatic carbocycles. The van der Waals surface area contributed by atoms with Crippen molar-refractivity contribution in [2.24, 2.45) is 11.3 Å². The molecule has 1 nitrogen and oxygen atoms in total. The number of hydrogen-bond donors (Lipinski definition) is 1. The summed E-state index contributed by atoms with van der Waals surface area (Å²) in [4.78, 5) is 0. The molecule has 0 radical (unpaired) electrons. The fraction of sp³-hybridized carbons (Fsp3) is 0.857. The van der Waals surface area contributed by atoms with Gasteiger partial charge in [-0.3, -0.25) is 0 Å². The Balaban J connectivity index is 4.12. The summed E-state index contributed by atoms with van der Waals surface area (Å²) >= 11 is 0. The zero-order valence-electron chi connectivity index (χ0n) is 11.3. The first-order valence-electron chi connectivity index (χ1n) is 6.13. The number of aliphatic hydroxyl groups is 1. The largest absolute Gasteiger partial charge is 0.389 e. The summed E-state index contributed by atoms with van der Waals surface area (Å²) in [7, 11) is 0. The lowest BCUT2D eigenvalue weighted by atomic mass is 9.84. The molecule has 0 fully saturated rings. The molecule has 2 unspecified atom stereocenters. The average molecular weight is 212 g/mol. The second kappa shape index (κ2) is 6.32. The molecule has 0 saturated carbocycles. The minimum atomic E-state index is -0.281. The van der Waals surface area contributed by atoms with Gasteiger partial charge in [0.15, 0.2) is 0 Å². The summed E-state index contributed by atoms with van der Waals surface area (Å²) < 4.78 is 0. The average Bonchev–Trinajstić information content (AvgIpc) is 2.01. The van der Waals surface area contributed by atoms with Crippen LogP contribution in [0, 0.1) is 11.3 Å². The molecule has 0 spiro atoms. The zero-order chi connectivity index (χ0) is 12.1. The lowest BCUT2D eigenvalue weighted by Gasteiger charge is -2.22. The van der Waals surface area contributed by atoms with Crippen LogP contribution in [0.1, 0.15) is 60.8 Å². The predicted octanol–water partition coefficient (Wildman–Crippen LogP) is 4.17. The molecule has 2 atom stereocenters. The molecule has 15 heavy (non-hydrogen) atoms. The molecule has 0 bridgehead atoms. The van der Waals surface area contributed by atoms with Crippen LogP contribution < -0.4 is 0 Å². The number of hydrogen-bond acceptors (Lipinski definition) is 1. The van der Waals surface area contributed by atoms with Gasteiger partial charge in [0.05, 0.1) is 6.10 Å². The van der Waals surface area contributed by atoms with Crippen molar-refractivity contribution in [3.05, 3.63) is 11.6 Å². The smallest absolute Gasteiger partial charge is 0.0721 e. The Kier molecular flexibility index (Phi) is 6.19. The highest BCUT2D eigenvalue weighted by Crippen LogP contribution is 2.26. The molecule has 0 aliphatic heterocycles. The summed E-state index contributed by atoms with van der Waals surface area (Å²) in [5.74, 6) is 0.699. The quantitative estimate of drug-likeness (QED) is 0.678. The van der Waals surface area contributed by atoms with Crippen molar-refractivity contribution in [1.29, 1.82) is 0 Å². The van der Waals surface area contributed by atoms with Gasteiger partial charge in [0.2, 0.25) is 0 Å². The van der Waals surface area contributed by atoms with Gasteiger partial charge in [-0.15, -0.1) is 0 Å². The molecule has 90 valence electrons. The van der Waals surface area contributed by atoms with Crippen molar-refractivity contribution < 1.29 is 5.11 Å². The summed E-state index contributed by atoms with van der Waals surface area (Å²) in [6, 6.07) is 0. The van der Waals surface area contributed by atoms with E-state index in [4.69, 9.17) is 0 Å². The maximum atomic E-state index is 9.49. The fourth-order valence-corrected chi connectivity index (χ4v) is 2.09. The molecule has 0 aromatic heterocycles. The molecule has 0 rings (SSSR count). The Hall–Kier alpha value is -0.300. The van der Waals surface area contributed by atoms with Crippen molar-refractivity contribution in [3.63, 3.8) is 0 Å². The summed E-state index contributed by atoms with van der Waals surface area (Å²) in [5.41, 5.74) is 1.58. The van der Waals surface area contributed by atoms with E-state index in [0.29, 0.717) is 11.3 Å². The van der Waals surface area contributed by atoms with E-state index in [-0.39, 0.29) is 6.10 Å². The van der Waals surface area contributed by atoms with Gasteiger partial charge in [-0.05, 0) is 43.1 Å². The first-order chi connectivity index (χ1) is 6.76. The standard InChI is InChI=1S/C14H28O/c1-7-13(12(3)15)9-8-11(2)10-14(4,5)6/h9,11-12,15H,7-8,10H2,1-6H3. The lowest BCUT2D eigenvalue weighted by Crippen LogP contribution is -2.11. The SMILES string of the molecule is CCC(=CCC(C)CC(C)(C)C)C(C)O. The minimum Gasteiger partial charge on any atom is -0.389 e. The van der Waals surface area contributed by atoms with Crippen LogP contribution >= 0.6 is 0 Å². The molecular formula is C14H28O. The van der Waals surface area contributed by atoms with Gasteiger partial charge in [0, 0.05) is 0 Å². The summed E-state index contributed by atoms with van der Waals surface area (Å²) in [6.45, 7) is 13.1. The van der Waals surface area contributed by atoms with Crippen LogP contribution in [0.25, 0.3) is 0 Å². The second-order valence-corrected chi connectivity index (χ2v) is 5.91. The van der Waals surface area contributed by atoms with Crippen molar-refractivity contribution in [2.45, 2.75) is 66.9 Å². The third-order valence-corrected chi connectivity index (χ3v) is 2.69. The van der Waals surface area contributed by atoms with E-state index in [0.717, 1.165) is 12.8 Å². The van der Waals surface area contributed by atoms with Crippen LogP contribution in [0.4, 0.5) is 0 Å². The molecule has 1 N–H and O–H groups in total. The van der Waals surface area contributed by atoms with Crippen LogP contribution in [0.3, 0.4) is 0 Å². The van der Waals surface area contributed by atoms with Gasteiger partial charge in [-0.2, -0.15) is 0 Å². The maximum Gasteiger partial charge on any atom is 0.0721 e. The van der Waals surface area contributed by atoms with Crippen molar-refractivity contribution >= 4 is 0 Å². The van der Waals surface area contributed by atoms with Gasteiger partial charge in [0.1, 0.15) is 0 Å². The highest BCUT2D eigenvalue weighted by atomic mass is 16.3. The second-order valence-electron chi connectivity index (χ2n) is 5.91. The highest BCUT2D eigenvalue weighted by molar-refractivity contribution is 5.06. The third kappa shape index (κ3) is 7.61. The van der Waals surface area contributed by atoms with Crippen LogP contribution in [-0.4, -0.2) is 11.2 Å². The van der Waals surface area contributed by atoms with E-state index in [1.54, 1.807) is 0 Å². The topological polar surface area (TPSA) is 20.2 Å². The van der Waals surface area contributed by atoms with Gasteiger partial charge < -0.3 is 5.11 Å². The Labute approximate surface area is 95.6 Å². The Morgan fingerprint density at radius 3 is 2.13 bits per heavy atom. The van der Waals surface area contributed by atoms with Crippen LogP contribution in [0.5, 0.6) is 0 Å². The van der Waals surface area contributed by atoms with Gasteiger partial charge in [-0.25, -0.2) is 0 Å². The molecule has 0 aliphatic rings. The predicted molar refractivity (Wildman–Crippen MR) is 67.9 cm³/mol. The van der Waals surface area contributed by atoms with Crippen LogP contribution in [0.2, 0.25) is 0 Å². The van der Waals surface area contributed by atoms with Gasteiger partial charge >= 0.3 is 0 Å². The van der Waals surface area contributed by atoms with Crippen molar-refractivity contribution in [1.82, 2.24) is 0 Å². The van der Waals surface area contributed by atoms with E-state index in [2.05, 4.69) is 40.7 Å². The molecule has 1 heteroatoms. The molecule has 0 heterocycles. The normalized spacial score (nSPS) is 17.7. The minimum absolute atomic E-state index is 0.281. The fourth-order valence-electron chi connectivity index (χ4n) is 2.09. The van der Waals surface area contributed by atoms with Gasteiger partial charge in [0.25, 0.3) is 0 Å². The Morgan fingerprint density at radius 2 is 1.80 bits per heavy atom. The van der Waals surface area contributed by atoms with E-state index >= 15 is 0 Å². The summed E-state index contributed by atoms with van der Waals surface area (Å²) in [6.07, 6.45) is 5.23. The first kappa shape index (κ1) is 14.7. The molecule has 0 aliphatic carbocycles. The first-order valence-corrected chi connectivity index (χ1v) is 6.13. The zero-order valence-corrected chi connectivity index (χ0v) is 11.3. The van der Waals surface area contributed by atoms with Crippen molar-refractivity contribution in [2.75, 3.05) is 0 Å². The number of aliphatic hydroxyl groups excluding tert-OH is 1. The third-order valence-electron chi connectivity index (χ3n) is 2.69. The van der Waals surface area contributed by atoms with Crippen molar-refractivity contribution in [3.8, 4) is 0 Å². The molecular weight excluding hydrogens is 184 g/mol. The van der Waals surface area contributed by atoms with E-state index < -0.39 is 0 Å². The number of allylic oxidation sites excluding steroid dienone is 1. The maximum absolute atomic E-state index is 9.49. The summed E-state index contributed by atoms with van der Waals surface area (Å²) in [5, 5.41) is 9.49. The molecule has 0 amide bonds. The monoisotopic (exact) mass is 212 g/mol. The Morgan fingerprint density at radius 1 is 1.27 bits per heavy atom. The van der Waals surface area contributed by atoms with E-state index in [9.17, 15) is 5.11 Å². The highest BCUT2D eigenvalue weighted by Gasteiger charge is 2.14.